The first-order valence-electron chi connectivity index (χ1n) is 6.75. The Labute approximate surface area is 141 Å². The molecule has 0 bridgehead atoms. The molecule has 0 aliphatic rings. The standard InChI is InChI=1S/C15H13ClN4O2S/c1-22-14(21)12-13(16)19-15(23-12)17-9-10-5-2-3-6-11(10)20-8-4-7-18-20/h2-8H,9H2,1H3,(H,17,19). The molecule has 1 aromatic carbocycles. The van der Waals surface area contributed by atoms with Crippen molar-refractivity contribution < 1.29 is 9.53 Å². The Kier molecular flexibility index (Phi) is 4.59. The lowest BCUT2D eigenvalue weighted by atomic mass is 10.2. The Morgan fingerprint density at radius 1 is 1.39 bits per heavy atom. The molecule has 0 amide bonds. The first-order chi connectivity index (χ1) is 11.2. The third-order valence-electron chi connectivity index (χ3n) is 3.13. The van der Waals surface area contributed by atoms with Gasteiger partial charge in [0.05, 0.1) is 12.8 Å². The second-order valence-corrected chi connectivity index (χ2v) is 5.92. The lowest BCUT2D eigenvalue weighted by Gasteiger charge is -2.09. The summed E-state index contributed by atoms with van der Waals surface area (Å²) in [4.78, 5) is 16.0. The quantitative estimate of drug-likeness (QED) is 0.716. The molecule has 118 valence electrons. The maximum atomic E-state index is 11.6. The van der Waals surface area contributed by atoms with Crippen molar-refractivity contribution in [1.29, 1.82) is 0 Å². The Balaban J connectivity index is 1.78. The van der Waals surface area contributed by atoms with E-state index in [1.165, 1.54) is 7.11 Å². The second-order valence-electron chi connectivity index (χ2n) is 4.56. The van der Waals surface area contributed by atoms with Gasteiger partial charge in [-0.15, -0.1) is 0 Å². The van der Waals surface area contributed by atoms with Gasteiger partial charge in [0.2, 0.25) is 0 Å². The number of carbonyl (C=O) groups is 1. The Bertz CT molecular complexity index is 817. The van der Waals surface area contributed by atoms with Crippen molar-refractivity contribution in [1.82, 2.24) is 14.8 Å². The molecule has 0 fully saturated rings. The summed E-state index contributed by atoms with van der Waals surface area (Å²) < 4.78 is 6.47. The van der Waals surface area contributed by atoms with Crippen molar-refractivity contribution in [2.24, 2.45) is 0 Å². The van der Waals surface area contributed by atoms with E-state index in [-0.39, 0.29) is 10.0 Å². The van der Waals surface area contributed by atoms with Crippen molar-refractivity contribution in [2.45, 2.75) is 6.54 Å². The van der Waals surface area contributed by atoms with E-state index in [2.05, 4.69) is 20.1 Å². The number of anilines is 1. The maximum absolute atomic E-state index is 11.6. The third kappa shape index (κ3) is 3.35. The zero-order chi connectivity index (χ0) is 16.2. The molecule has 1 N–H and O–H groups in total. The number of rotatable bonds is 5. The van der Waals surface area contributed by atoms with Gasteiger partial charge in [-0.2, -0.15) is 5.10 Å². The minimum absolute atomic E-state index is 0.143. The van der Waals surface area contributed by atoms with Crippen molar-refractivity contribution >= 4 is 34.0 Å². The van der Waals surface area contributed by atoms with E-state index in [0.717, 1.165) is 22.6 Å². The van der Waals surface area contributed by atoms with Crippen LogP contribution in [-0.4, -0.2) is 27.8 Å². The fourth-order valence-corrected chi connectivity index (χ4v) is 3.16. The number of esters is 1. The molecule has 2 aromatic heterocycles. The number of nitrogens with one attached hydrogen (secondary N) is 1. The van der Waals surface area contributed by atoms with Crippen LogP contribution >= 0.6 is 22.9 Å². The largest absolute Gasteiger partial charge is 0.465 e. The van der Waals surface area contributed by atoms with Crippen molar-refractivity contribution in [3.63, 3.8) is 0 Å². The van der Waals surface area contributed by atoms with Gasteiger partial charge in [-0.3, -0.25) is 0 Å². The van der Waals surface area contributed by atoms with Crippen LogP contribution in [0.25, 0.3) is 5.69 Å². The molecule has 23 heavy (non-hydrogen) atoms. The number of aromatic nitrogens is 3. The molecular formula is C15H13ClN4O2S. The zero-order valence-electron chi connectivity index (χ0n) is 12.2. The summed E-state index contributed by atoms with van der Waals surface area (Å²) in [6.07, 6.45) is 3.61. The highest BCUT2D eigenvalue weighted by molar-refractivity contribution is 7.18. The lowest BCUT2D eigenvalue weighted by molar-refractivity contribution is 0.0606. The molecule has 0 spiro atoms. The van der Waals surface area contributed by atoms with Gasteiger partial charge in [-0.1, -0.05) is 41.1 Å². The van der Waals surface area contributed by atoms with Crippen LogP contribution in [0.5, 0.6) is 0 Å². The molecule has 3 rings (SSSR count). The minimum atomic E-state index is -0.488. The van der Waals surface area contributed by atoms with Gasteiger partial charge in [0.15, 0.2) is 15.2 Å². The second kappa shape index (κ2) is 6.80. The third-order valence-corrected chi connectivity index (χ3v) is 4.51. The highest BCUT2D eigenvalue weighted by Crippen LogP contribution is 2.28. The van der Waals surface area contributed by atoms with Crippen LogP contribution in [0.15, 0.2) is 42.7 Å². The van der Waals surface area contributed by atoms with Gasteiger partial charge >= 0.3 is 5.97 Å². The van der Waals surface area contributed by atoms with Crippen LogP contribution < -0.4 is 5.32 Å². The summed E-state index contributed by atoms with van der Waals surface area (Å²) in [6, 6.07) is 9.77. The van der Waals surface area contributed by atoms with Crippen LogP contribution in [-0.2, 0) is 11.3 Å². The summed E-state index contributed by atoms with van der Waals surface area (Å²) in [5.41, 5.74) is 2.02. The fourth-order valence-electron chi connectivity index (χ4n) is 2.06. The molecule has 0 aliphatic heterocycles. The van der Waals surface area contributed by atoms with Gasteiger partial charge in [0.25, 0.3) is 0 Å². The fraction of sp³-hybridized carbons (Fsp3) is 0.133. The summed E-state index contributed by atoms with van der Waals surface area (Å²) >= 11 is 7.12. The van der Waals surface area contributed by atoms with Crippen molar-refractivity contribution in [3.05, 3.63) is 58.3 Å². The first kappa shape index (κ1) is 15.5. The summed E-state index contributed by atoms with van der Waals surface area (Å²) in [6.45, 7) is 0.528. The van der Waals surface area contributed by atoms with Crippen LogP contribution in [0.2, 0.25) is 5.15 Å². The number of nitrogens with zero attached hydrogens (tertiary/aromatic N) is 3. The normalized spacial score (nSPS) is 10.5. The zero-order valence-corrected chi connectivity index (χ0v) is 13.8. The van der Waals surface area contributed by atoms with Gasteiger partial charge in [-0.05, 0) is 17.7 Å². The van der Waals surface area contributed by atoms with Crippen molar-refractivity contribution in [3.8, 4) is 5.69 Å². The highest BCUT2D eigenvalue weighted by atomic mass is 35.5. The van der Waals surface area contributed by atoms with Gasteiger partial charge in [-0.25, -0.2) is 14.5 Å². The molecule has 3 aromatic rings. The van der Waals surface area contributed by atoms with Crippen LogP contribution in [0, 0.1) is 0 Å². The first-order valence-corrected chi connectivity index (χ1v) is 7.95. The van der Waals surface area contributed by atoms with E-state index in [1.54, 1.807) is 10.9 Å². The maximum Gasteiger partial charge on any atom is 0.351 e. The smallest absolute Gasteiger partial charge is 0.351 e. The van der Waals surface area contributed by atoms with Crippen LogP contribution in [0.4, 0.5) is 5.13 Å². The van der Waals surface area contributed by atoms with E-state index in [4.69, 9.17) is 11.6 Å². The molecule has 6 nitrogen and oxygen atoms in total. The topological polar surface area (TPSA) is 69.0 Å². The summed E-state index contributed by atoms with van der Waals surface area (Å²) in [5.74, 6) is -0.488. The van der Waals surface area contributed by atoms with Crippen LogP contribution in [0.1, 0.15) is 15.2 Å². The van der Waals surface area contributed by atoms with Crippen LogP contribution in [0.3, 0.4) is 0 Å². The monoisotopic (exact) mass is 348 g/mol. The number of carbonyl (C=O) groups excluding carboxylic acids is 1. The summed E-state index contributed by atoms with van der Waals surface area (Å²) in [5, 5.41) is 8.13. The Morgan fingerprint density at radius 3 is 2.96 bits per heavy atom. The molecular weight excluding hydrogens is 336 g/mol. The Morgan fingerprint density at radius 2 is 2.22 bits per heavy atom. The lowest BCUT2D eigenvalue weighted by Crippen LogP contribution is -2.05. The van der Waals surface area contributed by atoms with E-state index >= 15 is 0 Å². The molecule has 0 aliphatic carbocycles. The van der Waals surface area contributed by atoms with Crippen molar-refractivity contribution in [2.75, 3.05) is 12.4 Å². The number of halogens is 1. The molecule has 0 unspecified atom stereocenters. The number of hydrogen-bond acceptors (Lipinski definition) is 6. The average Bonchev–Trinajstić information content (AvgIpc) is 3.22. The molecule has 2 heterocycles. The number of ether oxygens (including phenoxy) is 1. The number of hydrogen-bond donors (Lipinski definition) is 1. The van der Waals surface area contributed by atoms with E-state index in [9.17, 15) is 4.79 Å². The van der Waals surface area contributed by atoms with Gasteiger partial charge in [0, 0.05) is 18.9 Å². The SMILES string of the molecule is COC(=O)c1sc(NCc2ccccc2-n2cccn2)nc1Cl. The van der Waals surface area contributed by atoms with E-state index in [1.807, 2.05) is 36.5 Å². The molecule has 8 heteroatoms. The van der Waals surface area contributed by atoms with Gasteiger partial charge < -0.3 is 10.1 Å². The van der Waals surface area contributed by atoms with E-state index in [0.29, 0.717) is 11.7 Å². The number of benzene rings is 1. The molecule has 0 saturated heterocycles. The average molecular weight is 349 g/mol. The molecule has 0 atom stereocenters. The minimum Gasteiger partial charge on any atom is -0.465 e. The molecule has 0 radical (unpaired) electrons. The number of thiazole rings is 1. The highest BCUT2D eigenvalue weighted by Gasteiger charge is 2.17. The Hall–Kier alpha value is -2.38. The van der Waals surface area contributed by atoms with E-state index < -0.39 is 5.97 Å². The number of para-hydroxylation sites is 1. The van der Waals surface area contributed by atoms with Gasteiger partial charge in [0.1, 0.15) is 0 Å². The number of methoxy groups -OCH3 is 1. The summed E-state index contributed by atoms with van der Waals surface area (Å²) in [7, 11) is 1.31. The molecule has 0 saturated carbocycles. The predicted octanol–water partition coefficient (Wildman–Crippen LogP) is 3.38. The predicted molar refractivity (Wildman–Crippen MR) is 89.4 cm³/mol.